The van der Waals surface area contributed by atoms with Crippen LogP contribution in [0.1, 0.15) is 5.56 Å². The van der Waals surface area contributed by atoms with E-state index >= 15 is 0 Å². The minimum atomic E-state index is -5.08. The molecule has 0 radical (unpaired) electrons. The van der Waals surface area contributed by atoms with E-state index < -0.39 is 24.3 Å². The van der Waals surface area contributed by atoms with E-state index in [2.05, 4.69) is 20.9 Å². The summed E-state index contributed by atoms with van der Waals surface area (Å²) in [6.07, 6.45) is -5.14. The zero-order chi connectivity index (χ0) is 28.0. The fourth-order valence-electron chi connectivity index (χ4n) is 3.43. The summed E-state index contributed by atoms with van der Waals surface area (Å²) in [5.41, 5.74) is 1.42. The maximum absolute atomic E-state index is 12.7. The molecule has 198 valence electrons. The van der Waals surface area contributed by atoms with Crippen LogP contribution >= 0.6 is 0 Å². The fraction of sp³-hybridized carbons (Fsp3) is 0.333. The Hall–Kier alpha value is -4.42. The van der Waals surface area contributed by atoms with Crippen LogP contribution in [0, 0.1) is 23.2 Å². The molecule has 16 heteroatoms. The SMILES string of the molecule is N#Cc1ccc(N2C[C@H]3CN(c4cccnc4)C(=O)[C@H]3C2)nc1.O=C(O)C(F)(F)F.O=C(O)C(F)(F)F. The average Bonchev–Trinajstić information content (AvgIpc) is 3.38. The zero-order valence-corrected chi connectivity index (χ0v) is 18.4. The maximum Gasteiger partial charge on any atom is 0.490 e. The van der Waals surface area contributed by atoms with Gasteiger partial charge in [0, 0.05) is 37.9 Å². The maximum atomic E-state index is 12.7. The van der Waals surface area contributed by atoms with E-state index in [4.69, 9.17) is 25.1 Å². The summed E-state index contributed by atoms with van der Waals surface area (Å²) >= 11 is 0. The second-order valence-corrected chi connectivity index (χ2v) is 7.55. The molecule has 0 unspecified atom stereocenters. The van der Waals surface area contributed by atoms with Crippen molar-refractivity contribution in [3.8, 4) is 6.07 Å². The van der Waals surface area contributed by atoms with Gasteiger partial charge < -0.3 is 20.0 Å². The lowest BCUT2D eigenvalue weighted by Gasteiger charge is -2.22. The molecule has 0 bridgehead atoms. The van der Waals surface area contributed by atoms with Gasteiger partial charge in [-0.25, -0.2) is 14.6 Å². The molecule has 2 fully saturated rings. The molecule has 2 aromatic heterocycles. The van der Waals surface area contributed by atoms with Crippen LogP contribution in [-0.4, -0.2) is 70.0 Å². The van der Waals surface area contributed by atoms with Gasteiger partial charge in [0.2, 0.25) is 5.91 Å². The number of nitriles is 1. The molecule has 2 saturated heterocycles. The number of pyridine rings is 2. The molecule has 2 aliphatic rings. The number of halogens is 6. The van der Waals surface area contributed by atoms with Crippen molar-refractivity contribution in [3.05, 3.63) is 48.4 Å². The summed E-state index contributed by atoms with van der Waals surface area (Å²) in [7, 11) is 0. The molecule has 0 aliphatic carbocycles. The quantitative estimate of drug-likeness (QED) is 0.556. The van der Waals surface area contributed by atoms with Gasteiger partial charge in [-0.05, 0) is 24.3 Å². The molecule has 0 saturated carbocycles. The van der Waals surface area contributed by atoms with Crippen LogP contribution < -0.4 is 9.80 Å². The van der Waals surface area contributed by atoms with Gasteiger partial charge in [-0.1, -0.05) is 0 Å². The number of hydrogen-bond acceptors (Lipinski definition) is 7. The van der Waals surface area contributed by atoms with Gasteiger partial charge in [-0.3, -0.25) is 9.78 Å². The molecule has 2 aromatic rings. The molecule has 4 rings (SSSR count). The number of anilines is 2. The van der Waals surface area contributed by atoms with Gasteiger partial charge in [0.1, 0.15) is 11.9 Å². The third-order valence-electron chi connectivity index (χ3n) is 5.08. The Labute approximate surface area is 204 Å². The number of carbonyl (C=O) groups excluding carboxylic acids is 1. The van der Waals surface area contributed by atoms with Crippen LogP contribution in [-0.2, 0) is 14.4 Å². The number of fused-ring (bicyclic) bond motifs is 1. The van der Waals surface area contributed by atoms with E-state index in [1.807, 2.05) is 23.1 Å². The van der Waals surface area contributed by atoms with Gasteiger partial charge >= 0.3 is 24.3 Å². The Morgan fingerprint density at radius 2 is 1.57 bits per heavy atom. The zero-order valence-electron chi connectivity index (χ0n) is 18.4. The third kappa shape index (κ3) is 7.78. The van der Waals surface area contributed by atoms with Crippen molar-refractivity contribution in [2.45, 2.75) is 12.4 Å². The van der Waals surface area contributed by atoms with Gasteiger partial charge in [0.25, 0.3) is 0 Å². The Morgan fingerprint density at radius 1 is 0.973 bits per heavy atom. The topological polar surface area (TPSA) is 148 Å². The Bertz CT molecular complexity index is 1130. The molecule has 2 N–H and O–H groups in total. The number of carboxylic acids is 2. The third-order valence-corrected chi connectivity index (χ3v) is 5.08. The first kappa shape index (κ1) is 28.8. The number of alkyl halides is 6. The molecule has 37 heavy (non-hydrogen) atoms. The van der Waals surface area contributed by atoms with Gasteiger partial charge in [0.15, 0.2) is 0 Å². The van der Waals surface area contributed by atoms with E-state index in [9.17, 15) is 31.1 Å². The van der Waals surface area contributed by atoms with Crippen molar-refractivity contribution < 1.29 is 50.9 Å². The predicted molar refractivity (Wildman–Crippen MR) is 112 cm³/mol. The summed E-state index contributed by atoms with van der Waals surface area (Å²) in [6, 6.07) is 9.46. The van der Waals surface area contributed by atoms with Crippen LogP contribution in [0.2, 0.25) is 0 Å². The molecular weight excluding hydrogens is 516 g/mol. The van der Waals surface area contributed by atoms with E-state index in [0.717, 1.165) is 24.6 Å². The lowest BCUT2D eigenvalue weighted by Crippen LogP contribution is -2.33. The Balaban J connectivity index is 0.000000286. The van der Waals surface area contributed by atoms with Crippen molar-refractivity contribution in [2.24, 2.45) is 11.8 Å². The predicted octanol–water partition coefficient (Wildman–Crippen LogP) is 2.71. The molecule has 10 nitrogen and oxygen atoms in total. The molecule has 1 amide bonds. The van der Waals surface area contributed by atoms with Crippen molar-refractivity contribution in [2.75, 3.05) is 29.4 Å². The van der Waals surface area contributed by atoms with Gasteiger partial charge in [-0.15, -0.1) is 0 Å². The fourth-order valence-corrected chi connectivity index (χ4v) is 3.43. The average molecular weight is 533 g/mol. The lowest BCUT2D eigenvalue weighted by molar-refractivity contribution is -0.193. The van der Waals surface area contributed by atoms with E-state index in [1.54, 1.807) is 24.7 Å². The highest BCUT2D eigenvalue weighted by molar-refractivity contribution is 5.98. The van der Waals surface area contributed by atoms with Crippen molar-refractivity contribution in [1.82, 2.24) is 9.97 Å². The standard InChI is InChI=1S/C17H15N5O.2C2HF3O2/c18-6-12-3-4-16(20-7-12)21-9-13-10-22(17(23)15(13)11-21)14-2-1-5-19-8-14;2*3-2(4,5)1(6)7/h1-5,7-8,13,15H,9-11H2;2*(H,6,7)/t13-,15-;;/m0../s1. The number of rotatable bonds is 2. The van der Waals surface area contributed by atoms with Gasteiger partial charge in [0.05, 0.1) is 23.4 Å². The molecule has 0 spiro atoms. The molecule has 0 aromatic carbocycles. The number of amides is 1. The summed E-state index contributed by atoms with van der Waals surface area (Å²) < 4.78 is 63.5. The summed E-state index contributed by atoms with van der Waals surface area (Å²) in [6.45, 7) is 2.22. The lowest BCUT2D eigenvalue weighted by atomic mass is 10.0. The first-order chi connectivity index (χ1) is 17.1. The second kappa shape index (κ2) is 11.5. The van der Waals surface area contributed by atoms with Crippen molar-refractivity contribution >= 4 is 29.4 Å². The van der Waals surface area contributed by atoms with Crippen molar-refractivity contribution in [1.29, 1.82) is 5.26 Å². The summed E-state index contributed by atoms with van der Waals surface area (Å²) in [5.74, 6) is -4.20. The Morgan fingerprint density at radius 3 is 1.97 bits per heavy atom. The molecule has 2 aliphatic heterocycles. The smallest absolute Gasteiger partial charge is 0.475 e. The van der Waals surface area contributed by atoms with Crippen LogP contribution in [0.4, 0.5) is 37.8 Å². The van der Waals surface area contributed by atoms with E-state index in [-0.39, 0.29) is 11.8 Å². The second-order valence-electron chi connectivity index (χ2n) is 7.55. The summed E-state index contributed by atoms with van der Waals surface area (Å²) in [4.78, 5) is 42.9. The van der Waals surface area contributed by atoms with Crippen LogP contribution in [0.5, 0.6) is 0 Å². The largest absolute Gasteiger partial charge is 0.490 e. The number of aliphatic carboxylic acids is 2. The van der Waals surface area contributed by atoms with E-state index in [1.165, 1.54) is 0 Å². The summed E-state index contributed by atoms with van der Waals surface area (Å²) in [5, 5.41) is 23.1. The first-order valence-electron chi connectivity index (χ1n) is 10.1. The molecule has 4 heterocycles. The highest BCUT2D eigenvalue weighted by atomic mass is 19.4. The monoisotopic (exact) mass is 533 g/mol. The number of nitrogens with zero attached hydrogens (tertiary/aromatic N) is 5. The highest BCUT2D eigenvalue weighted by Gasteiger charge is 2.47. The number of carbonyl (C=O) groups is 3. The van der Waals surface area contributed by atoms with Crippen LogP contribution in [0.25, 0.3) is 0 Å². The minimum Gasteiger partial charge on any atom is -0.475 e. The highest BCUT2D eigenvalue weighted by Crippen LogP contribution is 2.36. The molecular formula is C21H17F6N5O5. The normalized spacial score (nSPS) is 18.6. The van der Waals surface area contributed by atoms with E-state index in [0.29, 0.717) is 18.0 Å². The Kier molecular flexibility index (Phi) is 8.99. The van der Waals surface area contributed by atoms with Gasteiger partial charge in [-0.2, -0.15) is 31.6 Å². The minimum absolute atomic E-state index is 0.00708. The molecule has 2 atom stereocenters. The van der Waals surface area contributed by atoms with Crippen molar-refractivity contribution in [3.63, 3.8) is 0 Å². The first-order valence-corrected chi connectivity index (χ1v) is 10.1. The number of carboxylic acid groups (broad SMARTS) is 2. The number of aromatic nitrogens is 2. The van der Waals surface area contributed by atoms with Crippen LogP contribution in [0.15, 0.2) is 42.9 Å². The van der Waals surface area contributed by atoms with Crippen LogP contribution in [0.3, 0.4) is 0 Å². The number of hydrogen-bond donors (Lipinski definition) is 2.